The summed E-state index contributed by atoms with van der Waals surface area (Å²) in [5.74, 6) is 1.83. The molecule has 0 atom stereocenters. The molecule has 0 unspecified atom stereocenters. The van der Waals surface area contributed by atoms with Crippen LogP contribution in [0.4, 0.5) is 0 Å². The molecule has 4 rings (SSSR count). The molecule has 0 spiro atoms. The molecule has 6 heteroatoms. The number of nitrogens with one attached hydrogen (secondary N) is 1. The standard InChI is InChI=1S/C23H26N4OS/c1-16-11-12-20(13-17(16)2)27-22(19-9-4-3-5-10-19)25-26-23(27)29-15-21(28)24-14-18-7-6-8-18/h3-5,9-13,18H,6-8,14-15H2,1-2H3,(H,24,28). The second kappa shape index (κ2) is 8.82. The van der Waals surface area contributed by atoms with E-state index < -0.39 is 0 Å². The average Bonchev–Trinajstić information content (AvgIpc) is 3.12. The Morgan fingerprint density at radius 1 is 1.10 bits per heavy atom. The highest BCUT2D eigenvalue weighted by atomic mass is 32.2. The van der Waals surface area contributed by atoms with E-state index in [4.69, 9.17) is 0 Å². The lowest BCUT2D eigenvalue weighted by molar-refractivity contribution is -0.118. The molecule has 1 N–H and O–H groups in total. The number of nitrogens with zero attached hydrogens (tertiary/aromatic N) is 3. The minimum absolute atomic E-state index is 0.0535. The minimum Gasteiger partial charge on any atom is -0.355 e. The van der Waals surface area contributed by atoms with E-state index in [1.165, 1.54) is 42.2 Å². The van der Waals surface area contributed by atoms with Gasteiger partial charge in [0.1, 0.15) is 0 Å². The Morgan fingerprint density at radius 2 is 1.90 bits per heavy atom. The van der Waals surface area contributed by atoms with Gasteiger partial charge < -0.3 is 5.32 Å². The van der Waals surface area contributed by atoms with Crippen molar-refractivity contribution in [3.8, 4) is 17.1 Å². The van der Waals surface area contributed by atoms with Gasteiger partial charge in [0.2, 0.25) is 5.91 Å². The number of amides is 1. The summed E-state index contributed by atoms with van der Waals surface area (Å²) in [5, 5.41) is 12.6. The van der Waals surface area contributed by atoms with Crippen LogP contribution in [-0.4, -0.2) is 33.0 Å². The first-order chi connectivity index (χ1) is 14.1. The fraction of sp³-hybridized carbons (Fsp3) is 0.348. The lowest BCUT2D eigenvalue weighted by Crippen LogP contribution is -2.33. The largest absolute Gasteiger partial charge is 0.355 e. The van der Waals surface area contributed by atoms with E-state index in [1.54, 1.807) is 0 Å². The monoisotopic (exact) mass is 406 g/mol. The fourth-order valence-corrected chi connectivity index (χ4v) is 4.15. The molecule has 5 nitrogen and oxygen atoms in total. The summed E-state index contributed by atoms with van der Waals surface area (Å²) in [5.41, 5.74) is 4.46. The number of carbonyl (C=O) groups excluding carboxylic acids is 1. The van der Waals surface area contributed by atoms with Gasteiger partial charge in [-0.25, -0.2) is 0 Å². The lowest BCUT2D eigenvalue weighted by Gasteiger charge is -2.25. The van der Waals surface area contributed by atoms with E-state index in [1.807, 2.05) is 34.9 Å². The highest BCUT2D eigenvalue weighted by Gasteiger charge is 2.20. The van der Waals surface area contributed by atoms with Crippen molar-refractivity contribution >= 4 is 17.7 Å². The lowest BCUT2D eigenvalue weighted by atomic mass is 9.85. The summed E-state index contributed by atoms with van der Waals surface area (Å²) in [7, 11) is 0. The van der Waals surface area contributed by atoms with Crippen LogP contribution in [-0.2, 0) is 4.79 Å². The summed E-state index contributed by atoms with van der Waals surface area (Å²) < 4.78 is 2.05. The first-order valence-electron chi connectivity index (χ1n) is 10.1. The van der Waals surface area contributed by atoms with Crippen LogP contribution in [0.15, 0.2) is 53.7 Å². The third kappa shape index (κ3) is 4.53. The summed E-state index contributed by atoms with van der Waals surface area (Å²) >= 11 is 1.43. The molecule has 1 amide bonds. The zero-order valence-electron chi connectivity index (χ0n) is 16.9. The van der Waals surface area contributed by atoms with Crippen molar-refractivity contribution in [2.24, 2.45) is 5.92 Å². The van der Waals surface area contributed by atoms with Gasteiger partial charge in [0.25, 0.3) is 0 Å². The Labute approximate surface area is 175 Å². The molecule has 29 heavy (non-hydrogen) atoms. The summed E-state index contributed by atoms with van der Waals surface area (Å²) in [4.78, 5) is 12.3. The van der Waals surface area contributed by atoms with Gasteiger partial charge in [-0.05, 0) is 55.9 Å². The van der Waals surface area contributed by atoms with Crippen LogP contribution < -0.4 is 5.32 Å². The van der Waals surface area contributed by atoms with Crippen LogP contribution in [0.25, 0.3) is 17.1 Å². The normalized spacial score (nSPS) is 13.9. The Kier molecular flexibility index (Phi) is 6.00. The predicted octanol–water partition coefficient (Wildman–Crippen LogP) is 4.56. The number of thioether (sulfide) groups is 1. The first kappa shape index (κ1) is 19.7. The van der Waals surface area contributed by atoms with Crippen LogP contribution in [0.3, 0.4) is 0 Å². The Morgan fingerprint density at radius 3 is 2.59 bits per heavy atom. The molecule has 1 aromatic heterocycles. The van der Waals surface area contributed by atoms with Gasteiger partial charge in [-0.15, -0.1) is 10.2 Å². The maximum Gasteiger partial charge on any atom is 0.230 e. The van der Waals surface area contributed by atoms with Gasteiger partial charge in [0, 0.05) is 12.1 Å². The molecular weight excluding hydrogens is 380 g/mol. The molecule has 1 heterocycles. The van der Waals surface area contributed by atoms with Crippen LogP contribution in [0.1, 0.15) is 30.4 Å². The van der Waals surface area contributed by atoms with Crippen LogP contribution in [0, 0.1) is 19.8 Å². The number of rotatable bonds is 7. The quantitative estimate of drug-likeness (QED) is 0.585. The summed E-state index contributed by atoms with van der Waals surface area (Å²) in [6, 6.07) is 16.4. The molecule has 150 valence electrons. The second-order valence-corrected chi connectivity index (χ2v) is 8.61. The SMILES string of the molecule is Cc1ccc(-n2c(SCC(=O)NCC3CCC3)nnc2-c2ccccc2)cc1C. The molecule has 0 bridgehead atoms. The molecular formula is C23H26N4OS. The number of benzene rings is 2. The molecule has 1 aliphatic rings. The number of aryl methyl sites for hydroxylation is 2. The summed E-state index contributed by atoms with van der Waals surface area (Å²) in [6.45, 7) is 5.00. The van der Waals surface area contributed by atoms with Gasteiger partial charge in [-0.1, -0.05) is 54.6 Å². The maximum absolute atomic E-state index is 12.3. The molecule has 0 aliphatic heterocycles. The van der Waals surface area contributed by atoms with E-state index >= 15 is 0 Å². The van der Waals surface area contributed by atoms with E-state index in [-0.39, 0.29) is 5.91 Å². The molecule has 0 radical (unpaired) electrons. The van der Waals surface area contributed by atoms with Crippen molar-refractivity contribution < 1.29 is 4.79 Å². The zero-order valence-corrected chi connectivity index (χ0v) is 17.7. The summed E-state index contributed by atoms with van der Waals surface area (Å²) in [6.07, 6.45) is 3.75. The van der Waals surface area contributed by atoms with Gasteiger partial charge >= 0.3 is 0 Å². The third-order valence-electron chi connectivity index (χ3n) is 5.56. The minimum atomic E-state index is 0.0535. The molecule has 1 fully saturated rings. The molecule has 3 aromatic rings. The first-order valence-corrected chi connectivity index (χ1v) is 11.1. The van der Waals surface area contributed by atoms with Gasteiger partial charge in [-0.3, -0.25) is 9.36 Å². The van der Waals surface area contributed by atoms with E-state index in [9.17, 15) is 4.79 Å². The highest BCUT2D eigenvalue weighted by molar-refractivity contribution is 7.99. The maximum atomic E-state index is 12.3. The number of carbonyl (C=O) groups is 1. The van der Waals surface area contributed by atoms with Gasteiger partial charge in [0.05, 0.1) is 11.4 Å². The molecule has 1 aliphatic carbocycles. The zero-order chi connectivity index (χ0) is 20.2. The topological polar surface area (TPSA) is 59.8 Å². The van der Waals surface area contributed by atoms with Gasteiger partial charge in [0.15, 0.2) is 11.0 Å². The Hall–Kier alpha value is -2.60. The highest BCUT2D eigenvalue weighted by Crippen LogP contribution is 2.29. The van der Waals surface area contributed by atoms with E-state index in [0.29, 0.717) is 11.7 Å². The number of aromatic nitrogens is 3. The smallest absolute Gasteiger partial charge is 0.230 e. The third-order valence-corrected chi connectivity index (χ3v) is 6.49. The van der Waals surface area contributed by atoms with Crippen LogP contribution in [0.2, 0.25) is 0 Å². The molecule has 0 saturated heterocycles. The van der Waals surface area contributed by atoms with Crippen molar-refractivity contribution in [2.75, 3.05) is 12.3 Å². The van der Waals surface area contributed by atoms with Gasteiger partial charge in [-0.2, -0.15) is 0 Å². The number of hydrogen-bond acceptors (Lipinski definition) is 4. The van der Waals surface area contributed by atoms with E-state index in [0.717, 1.165) is 28.8 Å². The Bertz CT molecular complexity index is 995. The van der Waals surface area contributed by atoms with Crippen molar-refractivity contribution in [1.82, 2.24) is 20.1 Å². The van der Waals surface area contributed by atoms with Crippen molar-refractivity contribution in [1.29, 1.82) is 0 Å². The number of hydrogen-bond donors (Lipinski definition) is 1. The average molecular weight is 407 g/mol. The van der Waals surface area contributed by atoms with Crippen molar-refractivity contribution in [2.45, 2.75) is 38.3 Å². The van der Waals surface area contributed by atoms with Crippen molar-refractivity contribution in [3.63, 3.8) is 0 Å². The molecule has 2 aromatic carbocycles. The van der Waals surface area contributed by atoms with E-state index in [2.05, 4.69) is 47.6 Å². The fourth-order valence-electron chi connectivity index (χ4n) is 3.37. The van der Waals surface area contributed by atoms with Crippen LogP contribution >= 0.6 is 11.8 Å². The molecule has 1 saturated carbocycles. The predicted molar refractivity (Wildman–Crippen MR) is 117 cm³/mol. The second-order valence-electron chi connectivity index (χ2n) is 7.67. The Balaban J connectivity index is 1.58. The van der Waals surface area contributed by atoms with Crippen LogP contribution in [0.5, 0.6) is 0 Å². The van der Waals surface area contributed by atoms with Crippen molar-refractivity contribution in [3.05, 3.63) is 59.7 Å².